The lowest BCUT2D eigenvalue weighted by molar-refractivity contribution is -0.122. The zero-order valence-electron chi connectivity index (χ0n) is 13.0. The van der Waals surface area contributed by atoms with Crippen LogP contribution in [-0.4, -0.2) is 18.4 Å². The van der Waals surface area contributed by atoms with Crippen LogP contribution in [0.15, 0.2) is 42.5 Å². The van der Waals surface area contributed by atoms with Crippen LogP contribution in [0.4, 0.5) is 11.4 Å². The first-order valence-electron chi connectivity index (χ1n) is 7.55. The number of nitrogens with zero attached hydrogens (tertiary/aromatic N) is 2. The van der Waals surface area contributed by atoms with Gasteiger partial charge in [-0.3, -0.25) is 9.59 Å². The van der Waals surface area contributed by atoms with Crippen LogP contribution in [0, 0.1) is 17.2 Å². The van der Waals surface area contributed by atoms with Gasteiger partial charge in [0.05, 0.1) is 27.2 Å². The molecular weight excluding hydrogens is 361 g/mol. The molecule has 1 atom stereocenters. The Morgan fingerprint density at radius 1 is 1.20 bits per heavy atom. The lowest BCUT2D eigenvalue weighted by atomic mass is 10.1. The van der Waals surface area contributed by atoms with Gasteiger partial charge in [0.2, 0.25) is 11.8 Å². The predicted octanol–water partition coefficient (Wildman–Crippen LogP) is 3.86. The van der Waals surface area contributed by atoms with Crippen LogP contribution < -0.4 is 10.2 Å². The first-order chi connectivity index (χ1) is 12.0. The van der Waals surface area contributed by atoms with Crippen molar-refractivity contribution in [1.29, 1.82) is 5.26 Å². The molecule has 5 nitrogen and oxygen atoms in total. The number of hydrogen-bond donors (Lipinski definition) is 1. The highest BCUT2D eigenvalue weighted by atomic mass is 35.5. The average Bonchev–Trinajstić information content (AvgIpc) is 3.00. The van der Waals surface area contributed by atoms with Gasteiger partial charge in [0.25, 0.3) is 0 Å². The van der Waals surface area contributed by atoms with Crippen molar-refractivity contribution in [2.45, 2.75) is 6.42 Å². The van der Waals surface area contributed by atoms with Crippen molar-refractivity contribution in [3.63, 3.8) is 0 Å². The monoisotopic (exact) mass is 373 g/mol. The topological polar surface area (TPSA) is 73.2 Å². The number of hydrogen-bond acceptors (Lipinski definition) is 3. The molecule has 1 saturated heterocycles. The fraction of sp³-hybridized carbons (Fsp3) is 0.167. The van der Waals surface area contributed by atoms with Crippen molar-refractivity contribution in [3.8, 4) is 6.07 Å². The van der Waals surface area contributed by atoms with Gasteiger partial charge >= 0.3 is 0 Å². The molecule has 0 aromatic heterocycles. The van der Waals surface area contributed by atoms with Crippen LogP contribution >= 0.6 is 23.2 Å². The summed E-state index contributed by atoms with van der Waals surface area (Å²) < 4.78 is 0. The summed E-state index contributed by atoms with van der Waals surface area (Å²) >= 11 is 11.8. The lowest BCUT2D eigenvalue weighted by Gasteiger charge is -2.18. The molecule has 0 spiro atoms. The minimum atomic E-state index is -0.506. The Balaban J connectivity index is 1.74. The van der Waals surface area contributed by atoms with Crippen LogP contribution in [-0.2, 0) is 9.59 Å². The fourth-order valence-electron chi connectivity index (χ4n) is 2.74. The highest BCUT2D eigenvalue weighted by Crippen LogP contribution is 2.29. The molecule has 0 saturated carbocycles. The predicted molar refractivity (Wildman–Crippen MR) is 96.7 cm³/mol. The van der Waals surface area contributed by atoms with E-state index in [1.54, 1.807) is 42.5 Å². The van der Waals surface area contributed by atoms with Crippen LogP contribution in [0.2, 0.25) is 10.0 Å². The molecule has 0 radical (unpaired) electrons. The van der Waals surface area contributed by atoms with Crippen LogP contribution in [0.5, 0.6) is 0 Å². The number of rotatable bonds is 3. The molecule has 2 aromatic rings. The van der Waals surface area contributed by atoms with Crippen molar-refractivity contribution in [3.05, 3.63) is 58.1 Å². The number of para-hydroxylation sites is 1. The summed E-state index contributed by atoms with van der Waals surface area (Å²) in [6, 6.07) is 13.7. The van der Waals surface area contributed by atoms with E-state index in [1.165, 1.54) is 4.90 Å². The standard InChI is InChI=1S/C18H13Cl2N3O2/c19-14-6-5-13(8-15(14)20)22-18(25)12-7-17(24)23(10-12)16-4-2-1-3-11(16)9-21/h1-6,8,12H,7,10H2,(H,22,25). The lowest BCUT2D eigenvalue weighted by Crippen LogP contribution is -2.28. The Labute approximate surface area is 154 Å². The second-order valence-electron chi connectivity index (χ2n) is 5.65. The van der Waals surface area contributed by atoms with Gasteiger partial charge in [-0.2, -0.15) is 5.26 Å². The number of anilines is 2. The summed E-state index contributed by atoms with van der Waals surface area (Å²) in [5.74, 6) is -0.964. The molecule has 1 aliphatic rings. The molecule has 126 valence electrons. The number of nitriles is 1. The molecule has 1 aliphatic heterocycles. The van der Waals surface area contributed by atoms with Crippen LogP contribution in [0.3, 0.4) is 0 Å². The summed E-state index contributed by atoms with van der Waals surface area (Å²) in [5.41, 5.74) is 1.45. The Hall–Kier alpha value is -2.55. The molecule has 25 heavy (non-hydrogen) atoms. The maximum atomic E-state index is 12.5. The van der Waals surface area contributed by atoms with Gasteiger partial charge in [0.1, 0.15) is 6.07 Å². The molecular formula is C18H13Cl2N3O2. The van der Waals surface area contributed by atoms with Gasteiger partial charge in [-0.05, 0) is 30.3 Å². The number of benzene rings is 2. The number of halogens is 2. The first kappa shape index (κ1) is 17.3. The summed E-state index contributed by atoms with van der Waals surface area (Å²) in [7, 11) is 0. The molecule has 3 rings (SSSR count). The molecule has 1 unspecified atom stereocenters. The van der Waals surface area contributed by atoms with E-state index in [4.69, 9.17) is 23.2 Å². The molecule has 7 heteroatoms. The number of nitrogens with one attached hydrogen (secondary N) is 1. The van der Waals surface area contributed by atoms with E-state index in [9.17, 15) is 14.9 Å². The Kier molecular flexibility index (Phi) is 4.93. The maximum Gasteiger partial charge on any atom is 0.229 e. The van der Waals surface area contributed by atoms with E-state index >= 15 is 0 Å². The second-order valence-corrected chi connectivity index (χ2v) is 6.47. The van der Waals surface area contributed by atoms with Crippen molar-refractivity contribution in [2.75, 3.05) is 16.8 Å². The number of carbonyl (C=O) groups is 2. The van der Waals surface area contributed by atoms with Gasteiger partial charge in [-0.25, -0.2) is 0 Å². The molecule has 1 heterocycles. The van der Waals surface area contributed by atoms with E-state index in [1.807, 2.05) is 0 Å². The summed E-state index contributed by atoms with van der Waals surface area (Å²) in [5, 5.41) is 12.7. The second kappa shape index (κ2) is 7.14. The smallest absolute Gasteiger partial charge is 0.229 e. The molecule has 1 N–H and O–H groups in total. The van der Waals surface area contributed by atoms with Gasteiger partial charge in [0.15, 0.2) is 0 Å². The third-order valence-corrected chi connectivity index (χ3v) is 4.74. The van der Waals surface area contributed by atoms with E-state index < -0.39 is 5.92 Å². The highest BCUT2D eigenvalue weighted by molar-refractivity contribution is 6.42. The molecule has 1 fully saturated rings. The van der Waals surface area contributed by atoms with Crippen molar-refractivity contribution in [2.24, 2.45) is 5.92 Å². The number of amides is 2. The summed E-state index contributed by atoms with van der Waals surface area (Å²) in [6.07, 6.45) is 0.0902. The van der Waals surface area contributed by atoms with Gasteiger partial charge in [-0.15, -0.1) is 0 Å². The Morgan fingerprint density at radius 3 is 2.68 bits per heavy atom. The largest absolute Gasteiger partial charge is 0.326 e. The Bertz CT molecular complexity index is 892. The highest BCUT2D eigenvalue weighted by Gasteiger charge is 2.36. The quantitative estimate of drug-likeness (QED) is 0.887. The van der Waals surface area contributed by atoms with Crippen LogP contribution in [0.1, 0.15) is 12.0 Å². The fourth-order valence-corrected chi connectivity index (χ4v) is 3.04. The minimum Gasteiger partial charge on any atom is -0.326 e. The zero-order chi connectivity index (χ0) is 18.0. The maximum absolute atomic E-state index is 12.5. The van der Waals surface area contributed by atoms with Gasteiger partial charge in [-0.1, -0.05) is 35.3 Å². The van der Waals surface area contributed by atoms with Gasteiger partial charge < -0.3 is 10.2 Å². The van der Waals surface area contributed by atoms with Crippen molar-refractivity contribution in [1.82, 2.24) is 0 Å². The third-order valence-electron chi connectivity index (χ3n) is 4.00. The molecule has 2 aromatic carbocycles. The first-order valence-corrected chi connectivity index (χ1v) is 8.30. The van der Waals surface area contributed by atoms with E-state index in [0.29, 0.717) is 27.0 Å². The Morgan fingerprint density at radius 2 is 1.96 bits per heavy atom. The van der Waals surface area contributed by atoms with Gasteiger partial charge in [0, 0.05) is 18.7 Å². The molecule has 0 aliphatic carbocycles. The average molecular weight is 374 g/mol. The van der Waals surface area contributed by atoms with Crippen LogP contribution in [0.25, 0.3) is 0 Å². The summed E-state index contributed by atoms with van der Waals surface area (Å²) in [6.45, 7) is 0.227. The SMILES string of the molecule is N#Cc1ccccc1N1CC(C(=O)Nc2ccc(Cl)c(Cl)c2)CC1=O. The van der Waals surface area contributed by atoms with E-state index in [-0.39, 0.29) is 24.8 Å². The zero-order valence-corrected chi connectivity index (χ0v) is 14.5. The van der Waals surface area contributed by atoms with Crippen molar-refractivity contribution >= 4 is 46.4 Å². The van der Waals surface area contributed by atoms with E-state index in [2.05, 4.69) is 11.4 Å². The normalized spacial score (nSPS) is 16.6. The minimum absolute atomic E-state index is 0.0902. The van der Waals surface area contributed by atoms with E-state index in [0.717, 1.165) is 0 Å². The number of carbonyl (C=O) groups excluding carboxylic acids is 2. The molecule has 2 amide bonds. The third kappa shape index (κ3) is 3.60. The molecule has 0 bridgehead atoms. The van der Waals surface area contributed by atoms with Crippen molar-refractivity contribution < 1.29 is 9.59 Å². The summed E-state index contributed by atoms with van der Waals surface area (Å²) in [4.78, 5) is 26.2.